The molecule has 2 aliphatic rings. The van der Waals surface area contributed by atoms with Crippen LogP contribution < -0.4 is 10.6 Å². The summed E-state index contributed by atoms with van der Waals surface area (Å²) in [6.07, 6.45) is 1.53. The average Bonchev–Trinajstić information content (AvgIpc) is 3.55. The van der Waals surface area contributed by atoms with E-state index in [-0.39, 0.29) is 22.2 Å². The van der Waals surface area contributed by atoms with Crippen LogP contribution in [0.3, 0.4) is 0 Å². The maximum Gasteiger partial charge on any atom is 0.356 e. The lowest BCUT2D eigenvalue weighted by atomic mass is 10.0. The van der Waals surface area contributed by atoms with Crippen LogP contribution in [0, 0.1) is 0 Å². The van der Waals surface area contributed by atoms with Crippen molar-refractivity contribution in [2.24, 2.45) is 5.16 Å². The minimum absolute atomic E-state index is 0.0395. The fourth-order valence-electron chi connectivity index (χ4n) is 4.92. The number of aromatic nitrogens is 1. The van der Waals surface area contributed by atoms with E-state index >= 15 is 0 Å². The zero-order valence-electron chi connectivity index (χ0n) is 26.9. The Balaban J connectivity index is 1.34. The van der Waals surface area contributed by atoms with Gasteiger partial charge in [0.05, 0.1) is 0 Å². The summed E-state index contributed by atoms with van der Waals surface area (Å²) in [5.74, 6) is -2.31. The van der Waals surface area contributed by atoms with Crippen LogP contribution in [0.2, 0.25) is 0 Å². The van der Waals surface area contributed by atoms with Gasteiger partial charge in [0.2, 0.25) is 13.0 Å². The molecule has 0 spiro atoms. The number of hydrogen-bond acceptors (Lipinski definition) is 13. The standard InChI is InChI=1S/C33H33N5O8S3/c1-33(2,3)46-23(40)15-44-37-24(21-16-49-32(35-21)34-18-39)28(41)36-25-29(42)38-26(22(47-4)17-48-30(25)38)31(43)45-27(19-11-7-5-8-12-19)20-13-9-6-10-14-20/h5-14,16,18,25,27,30H,15,17H2,1-4H3,(H,36,41)(H,34,35,39)/t25?,30-/m0/s1. The summed E-state index contributed by atoms with van der Waals surface area (Å²) in [7, 11) is 0. The largest absolute Gasteiger partial charge is 0.457 e. The molecule has 0 radical (unpaired) electrons. The molecule has 2 N–H and O–H groups in total. The number of ether oxygens (including phenoxy) is 2. The van der Waals surface area contributed by atoms with Gasteiger partial charge < -0.3 is 24.9 Å². The molecule has 2 atom stereocenters. The summed E-state index contributed by atoms with van der Waals surface area (Å²) in [4.78, 5) is 75.6. The normalized spacial score (nSPS) is 17.5. The van der Waals surface area contributed by atoms with E-state index in [0.29, 0.717) is 17.1 Å². The van der Waals surface area contributed by atoms with E-state index in [2.05, 4.69) is 20.8 Å². The van der Waals surface area contributed by atoms with E-state index in [9.17, 15) is 24.0 Å². The van der Waals surface area contributed by atoms with Crippen molar-refractivity contribution in [2.75, 3.05) is 23.9 Å². The topological polar surface area (TPSA) is 166 Å². The van der Waals surface area contributed by atoms with Crippen LogP contribution in [0.5, 0.6) is 0 Å². The highest BCUT2D eigenvalue weighted by Gasteiger charge is 2.55. The van der Waals surface area contributed by atoms with Gasteiger partial charge in [-0.25, -0.2) is 14.6 Å². The number of carbonyl (C=O) groups excluding carboxylic acids is 5. The summed E-state index contributed by atoms with van der Waals surface area (Å²) < 4.78 is 11.3. The number of esters is 2. The molecule has 1 fully saturated rings. The third-order valence-electron chi connectivity index (χ3n) is 6.99. The summed E-state index contributed by atoms with van der Waals surface area (Å²) >= 11 is 3.76. The van der Waals surface area contributed by atoms with Gasteiger partial charge in [0, 0.05) is 16.0 Å². The number of β-lactam (4-membered cyclic amide) rings is 1. The predicted octanol–water partition coefficient (Wildman–Crippen LogP) is 4.08. The minimum atomic E-state index is -1.02. The van der Waals surface area contributed by atoms with Crippen LogP contribution in [0.15, 0.2) is 81.8 Å². The lowest BCUT2D eigenvalue weighted by molar-refractivity contribution is -0.160. The Hall–Kier alpha value is -4.67. The molecule has 1 unspecified atom stereocenters. The SMILES string of the molecule is CSC1=C(C(=O)OC(c2ccccc2)c2ccccc2)N2C(=O)C(NC(=O)C(=NOCC(=O)OC(C)(C)C)c3csc(NC=O)n3)[C@@H]2SC1. The molecule has 0 bridgehead atoms. The lowest BCUT2D eigenvalue weighted by Crippen LogP contribution is -2.71. The highest BCUT2D eigenvalue weighted by Crippen LogP contribution is 2.44. The Bertz CT molecular complexity index is 1740. The number of fused-ring (bicyclic) bond motifs is 1. The molecule has 2 aliphatic heterocycles. The van der Waals surface area contributed by atoms with Gasteiger partial charge in [0.15, 0.2) is 16.9 Å². The molecule has 3 aromatic rings. The highest BCUT2D eigenvalue weighted by atomic mass is 32.2. The van der Waals surface area contributed by atoms with Crippen molar-refractivity contribution in [3.63, 3.8) is 0 Å². The number of thioether (sulfide) groups is 2. The molecule has 0 saturated carbocycles. The molecule has 3 amide bonds. The first-order valence-electron chi connectivity index (χ1n) is 14.9. The fraction of sp³-hybridized carbons (Fsp3) is 0.303. The van der Waals surface area contributed by atoms with Crippen molar-refractivity contribution in [2.45, 2.75) is 43.9 Å². The molecule has 1 saturated heterocycles. The predicted molar refractivity (Wildman–Crippen MR) is 187 cm³/mol. The molecule has 3 heterocycles. The molecule has 0 aliphatic carbocycles. The summed E-state index contributed by atoms with van der Waals surface area (Å²) in [5, 5.41) is 9.96. The summed E-state index contributed by atoms with van der Waals surface area (Å²) in [6.45, 7) is 4.49. The van der Waals surface area contributed by atoms with Gasteiger partial charge in [0.25, 0.3) is 11.8 Å². The number of oxime groups is 1. The van der Waals surface area contributed by atoms with E-state index in [0.717, 1.165) is 22.5 Å². The van der Waals surface area contributed by atoms with Crippen molar-refractivity contribution in [3.8, 4) is 0 Å². The fourth-order valence-corrected chi connectivity index (χ4v) is 7.82. The Labute approximate surface area is 294 Å². The Morgan fingerprint density at radius 1 is 1.10 bits per heavy atom. The molecule has 13 nitrogen and oxygen atoms in total. The number of thiazole rings is 1. The molecule has 1 aromatic heterocycles. The number of anilines is 1. The van der Waals surface area contributed by atoms with Crippen LogP contribution in [-0.2, 0) is 38.3 Å². The number of nitrogens with zero attached hydrogens (tertiary/aromatic N) is 3. The van der Waals surface area contributed by atoms with Gasteiger partial charge >= 0.3 is 11.9 Å². The van der Waals surface area contributed by atoms with Gasteiger partial charge in [-0.1, -0.05) is 65.8 Å². The maximum atomic E-state index is 13.9. The van der Waals surface area contributed by atoms with E-state index < -0.39 is 53.5 Å². The van der Waals surface area contributed by atoms with Crippen molar-refractivity contribution < 1.29 is 38.3 Å². The van der Waals surface area contributed by atoms with Crippen LogP contribution in [0.25, 0.3) is 0 Å². The number of nitrogens with one attached hydrogen (secondary N) is 2. The molecule has 256 valence electrons. The van der Waals surface area contributed by atoms with Crippen molar-refractivity contribution >= 4 is 75.9 Å². The Morgan fingerprint density at radius 2 is 1.76 bits per heavy atom. The second kappa shape index (κ2) is 15.7. The van der Waals surface area contributed by atoms with Crippen molar-refractivity contribution in [3.05, 3.63) is 93.5 Å². The number of amides is 3. The molecular weight excluding hydrogens is 691 g/mol. The number of carbonyl (C=O) groups is 5. The Kier molecular flexibility index (Phi) is 11.4. The first kappa shape index (κ1) is 35.6. The van der Waals surface area contributed by atoms with E-state index in [1.807, 2.05) is 66.9 Å². The molecule has 16 heteroatoms. The quantitative estimate of drug-likeness (QED) is 0.0858. The molecule has 5 rings (SSSR count). The van der Waals surface area contributed by atoms with E-state index in [1.165, 1.54) is 33.8 Å². The number of rotatable bonds is 13. The zero-order chi connectivity index (χ0) is 35.1. The summed E-state index contributed by atoms with van der Waals surface area (Å²) in [5.41, 5.74) is 0.607. The molecule has 49 heavy (non-hydrogen) atoms. The highest BCUT2D eigenvalue weighted by molar-refractivity contribution is 8.05. The van der Waals surface area contributed by atoms with Gasteiger partial charge in [-0.3, -0.25) is 19.3 Å². The second-order valence-corrected chi connectivity index (χ2v) is 14.4. The minimum Gasteiger partial charge on any atom is -0.457 e. The summed E-state index contributed by atoms with van der Waals surface area (Å²) in [6, 6.07) is 17.6. The smallest absolute Gasteiger partial charge is 0.356 e. The first-order valence-corrected chi connectivity index (χ1v) is 18.1. The second-order valence-electron chi connectivity index (χ2n) is 11.5. The molecule has 2 aromatic carbocycles. The third kappa shape index (κ3) is 8.50. The first-order chi connectivity index (χ1) is 23.5. The van der Waals surface area contributed by atoms with E-state index in [4.69, 9.17) is 14.3 Å². The van der Waals surface area contributed by atoms with Crippen molar-refractivity contribution in [1.29, 1.82) is 0 Å². The van der Waals surface area contributed by atoms with Gasteiger partial charge in [-0.05, 0) is 38.2 Å². The number of hydrogen-bond donors (Lipinski definition) is 2. The maximum absolute atomic E-state index is 13.9. The molecular formula is C33H33N5O8S3. The lowest BCUT2D eigenvalue weighted by Gasteiger charge is -2.49. The number of benzene rings is 2. The van der Waals surface area contributed by atoms with Gasteiger partial charge in [-0.2, -0.15) is 0 Å². The van der Waals surface area contributed by atoms with Crippen LogP contribution in [-0.4, -0.2) is 81.4 Å². The van der Waals surface area contributed by atoms with Gasteiger partial charge in [-0.15, -0.1) is 34.9 Å². The van der Waals surface area contributed by atoms with Crippen molar-refractivity contribution in [1.82, 2.24) is 15.2 Å². The monoisotopic (exact) mass is 723 g/mol. The zero-order valence-corrected chi connectivity index (χ0v) is 29.4. The van der Waals surface area contributed by atoms with E-state index in [1.54, 1.807) is 20.8 Å². The Morgan fingerprint density at radius 3 is 2.35 bits per heavy atom. The average molecular weight is 724 g/mol. The van der Waals surface area contributed by atoms with Crippen LogP contribution in [0.1, 0.15) is 43.7 Å². The van der Waals surface area contributed by atoms with Crippen LogP contribution in [0.4, 0.5) is 5.13 Å². The van der Waals surface area contributed by atoms with Crippen LogP contribution >= 0.6 is 34.9 Å². The third-order valence-corrected chi connectivity index (χ3v) is 10.1. The van der Waals surface area contributed by atoms with Gasteiger partial charge in [0.1, 0.15) is 28.4 Å².